The summed E-state index contributed by atoms with van der Waals surface area (Å²) in [4.78, 5) is 4.36. The van der Waals surface area contributed by atoms with Crippen LogP contribution < -0.4 is 0 Å². The molecule has 0 N–H and O–H groups in total. The number of oxazole rings is 1. The first-order valence-electron chi connectivity index (χ1n) is 4.80. The minimum absolute atomic E-state index is 0.390. The Morgan fingerprint density at radius 2 is 2.00 bits per heavy atom. The van der Waals surface area contributed by atoms with Gasteiger partial charge in [-0.3, -0.25) is 0 Å². The summed E-state index contributed by atoms with van der Waals surface area (Å²) >= 11 is 5.75. The highest BCUT2D eigenvalue weighted by molar-refractivity contribution is 6.16. The minimum atomic E-state index is 0.390. The zero-order chi connectivity index (χ0) is 10.8. The number of aromatic nitrogens is 1. The van der Waals surface area contributed by atoms with Gasteiger partial charge in [-0.25, -0.2) is 4.98 Å². The molecule has 0 aliphatic heterocycles. The van der Waals surface area contributed by atoms with Crippen molar-refractivity contribution in [1.29, 1.82) is 0 Å². The molecule has 78 valence electrons. The molecule has 0 fully saturated rings. The molecular formula is C12H12ClNO. The first kappa shape index (κ1) is 10.2. The van der Waals surface area contributed by atoms with Crippen LogP contribution >= 0.6 is 11.6 Å². The molecule has 0 saturated carbocycles. The van der Waals surface area contributed by atoms with Crippen LogP contribution in [-0.2, 0) is 5.88 Å². The normalized spacial score (nSPS) is 10.6. The maximum atomic E-state index is 5.75. The van der Waals surface area contributed by atoms with E-state index in [4.69, 9.17) is 16.0 Å². The molecule has 1 aromatic carbocycles. The summed E-state index contributed by atoms with van der Waals surface area (Å²) < 4.78 is 5.58. The molecule has 3 heteroatoms. The highest BCUT2D eigenvalue weighted by atomic mass is 35.5. The second-order valence-electron chi connectivity index (χ2n) is 3.47. The average Bonchev–Trinajstić information content (AvgIpc) is 2.60. The molecule has 2 rings (SSSR count). The second kappa shape index (κ2) is 4.07. The van der Waals surface area contributed by atoms with Crippen LogP contribution in [0.3, 0.4) is 0 Å². The summed E-state index contributed by atoms with van der Waals surface area (Å²) in [7, 11) is 0. The molecule has 2 aromatic rings. The lowest BCUT2D eigenvalue weighted by Crippen LogP contribution is -1.83. The van der Waals surface area contributed by atoms with E-state index in [1.807, 2.05) is 38.1 Å². The fourth-order valence-electron chi connectivity index (χ4n) is 1.48. The third-order valence-electron chi connectivity index (χ3n) is 2.39. The SMILES string of the molecule is Cc1ccccc1-c1nc(CCl)c(C)o1. The van der Waals surface area contributed by atoms with Gasteiger partial charge in [-0.15, -0.1) is 11.6 Å². The average molecular weight is 222 g/mol. The molecule has 15 heavy (non-hydrogen) atoms. The van der Waals surface area contributed by atoms with Gasteiger partial charge in [0.25, 0.3) is 0 Å². The predicted molar refractivity (Wildman–Crippen MR) is 61.0 cm³/mol. The van der Waals surface area contributed by atoms with E-state index >= 15 is 0 Å². The third kappa shape index (κ3) is 1.90. The van der Waals surface area contributed by atoms with Crippen LogP contribution in [0.2, 0.25) is 0 Å². The fourth-order valence-corrected chi connectivity index (χ4v) is 1.73. The highest BCUT2D eigenvalue weighted by Gasteiger charge is 2.11. The molecular weight excluding hydrogens is 210 g/mol. The van der Waals surface area contributed by atoms with Gasteiger partial charge >= 0.3 is 0 Å². The Balaban J connectivity index is 2.50. The van der Waals surface area contributed by atoms with Crippen molar-refractivity contribution in [2.24, 2.45) is 0 Å². The lowest BCUT2D eigenvalue weighted by atomic mass is 10.1. The fraction of sp³-hybridized carbons (Fsp3) is 0.250. The van der Waals surface area contributed by atoms with E-state index in [-0.39, 0.29) is 0 Å². The van der Waals surface area contributed by atoms with Crippen LogP contribution in [0.1, 0.15) is 17.0 Å². The van der Waals surface area contributed by atoms with Gasteiger partial charge in [-0.05, 0) is 25.5 Å². The lowest BCUT2D eigenvalue weighted by Gasteiger charge is -1.98. The number of benzene rings is 1. The third-order valence-corrected chi connectivity index (χ3v) is 2.65. The highest BCUT2D eigenvalue weighted by Crippen LogP contribution is 2.25. The maximum Gasteiger partial charge on any atom is 0.226 e. The Labute approximate surface area is 93.9 Å². The van der Waals surface area contributed by atoms with Gasteiger partial charge in [0.2, 0.25) is 5.89 Å². The van der Waals surface area contributed by atoms with Crippen LogP contribution in [0.25, 0.3) is 11.5 Å². The number of halogens is 1. The molecule has 0 aliphatic carbocycles. The van der Waals surface area contributed by atoms with Crippen molar-refractivity contribution in [3.8, 4) is 11.5 Å². The summed E-state index contributed by atoms with van der Waals surface area (Å²) in [6, 6.07) is 8.01. The molecule has 0 unspecified atom stereocenters. The Kier molecular flexibility index (Phi) is 2.78. The van der Waals surface area contributed by atoms with Gasteiger partial charge < -0.3 is 4.42 Å². The number of aryl methyl sites for hydroxylation is 2. The van der Waals surface area contributed by atoms with E-state index in [2.05, 4.69) is 4.98 Å². The maximum absolute atomic E-state index is 5.75. The first-order valence-corrected chi connectivity index (χ1v) is 5.34. The number of nitrogens with zero attached hydrogens (tertiary/aromatic N) is 1. The van der Waals surface area contributed by atoms with E-state index in [0.29, 0.717) is 11.8 Å². The number of hydrogen-bond donors (Lipinski definition) is 0. The van der Waals surface area contributed by atoms with Crippen LogP contribution in [0.4, 0.5) is 0 Å². The monoisotopic (exact) mass is 221 g/mol. The summed E-state index contributed by atoms with van der Waals surface area (Å²) in [6.07, 6.45) is 0. The molecule has 1 aromatic heterocycles. The van der Waals surface area contributed by atoms with Crippen molar-refractivity contribution in [2.75, 3.05) is 0 Å². The van der Waals surface area contributed by atoms with Crippen molar-refractivity contribution in [3.63, 3.8) is 0 Å². The van der Waals surface area contributed by atoms with Crippen LogP contribution in [-0.4, -0.2) is 4.98 Å². The van der Waals surface area contributed by atoms with E-state index in [1.165, 1.54) is 0 Å². The second-order valence-corrected chi connectivity index (χ2v) is 3.74. The standard InChI is InChI=1S/C12H12ClNO/c1-8-5-3-4-6-10(8)12-14-11(7-13)9(2)15-12/h3-6H,7H2,1-2H3. The van der Waals surface area contributed by atoms with Crippen LogP contribution in [0.5, 0.6) is 0 Å². The number of alkyl halides is 1. The predicted octanol–water partition coefficient (Wildman–Crippen LogP) is 3.70. The van der Waals surface area contributed by atoms with Crippen molar-refractivity contribution >= 4 is 11.6 Å². The van der Waals surface area contributed by atoms with Crippen molar-refractivity contribution < 1.29 is 4.42 Å². The summed E-state index contributed by atoms with van der Waals surface area (Å²) in [5.74, 6) is 1.84. The summed E-state index contributed by atoms with van der Waals surface area (Å²) in [5.41, 5.74) is 2.99. The van der Waals surface area contributed by atoms with Gasteiger partial charge in [-0.2, -0.15) is 0 Å². The summed E-state index contributed by atoms with van der Waals surface area (Å²) in [5, 5.41) is 0. The van der Waals surface area contributed by atoms with E-state index in [0.717, 1.165) is 22.6 Å². The molecule has 0 saturated heterocycles. The Hall–Kier alpha value is -1.28. The molecule has 0 radical (unpaired) electrons. The molecule has 1 heterocycles. The topological polar surface area (TPSA) is 26.0 Å². The minimum Gasteiger partial charge on any atom is -0.441 e. The molecule has 0 amide bonds. The molecule has 0 bridgehead atoms. The largest absolute Gasteiger partial charge is 0.441 e. The molecule has 2 nitrogen and oxygen atoms in total. The summed E-state index contributed by atoms with van der Waals surface area (Å²) in [6.45, 7) is 3.92. The first-order chi connectivity index (χ1) is 7.22. The molecule has 0 spiro atoms. The number of rotatable bonds is 2. The molecule has 0 atom stereocenters. The van der Waals surface area contributed by atoms with Gasteiger partial charge in [0.1, 0.15) is 5.76 Å². The molecule has 0 aliphatic rings. The number of hydrogen-bond acceptors (Lipinski definition) is 2. The van der Waals surface area contributed by atoms with E-state index < -0.39 is 0 Å². The Morgan fingerprint density at radius 3 is 2.60 bits per heavy atom. The van der Waals surface area contributed by atoms with Crippen LogP contribution in [0.15, 0.2) is 28.7 Å². The van der Waals surface area contributed by atoms with Gasteiger partial charge in [0, 0.05) is 5.56 Å². The van der Waals surface area contributed by atoms with Gasteiger partial charge in [0.05, 0.1) is 11.6 Å². The van der Waals surface area contributed by atoms with E-state index in [1.54, 1.807) is 0 Å². The van der Waals surface area contributed by atoms with Gasteiger partial charge in [-0.1, -0.05) is 18.2 Å². The Morgan fingerprint density at radius 1 is 1.27 bits per heavy atom. The van der Waals surface area contributed by atoms with Crippen LogP contribution in [0, 0.1) is 13.8 Å². The Bertz CT molecular complexity index is 476. The van der Waals surface area contributed by atoms with Crippen molar-refractivity contribution in [2.45, 2.75) is 19.7 Å². The van der Waals surface area contributed by atoms with Crippen molar-refractivity contribution in [1.82, 2.24) is 4.98 Å². The van der Waals surface area contributed by atoms with Crippen molar-refractivity contribution in [3.05, 3.63) is 41.3 Å². The lowest BCUT2D eigenvalue weighted by molar-refractivity contribution is 0.540. The zero-order valence-corrected chi connectivity index (χ0v) is 9.51. The van der Waals surface area contributed by atoms with E-state index in [9.17, 15) is 0 Å². The van der Waals surface area contributed by atoms with Gasteiger partial charge in [0.15, 0.2) is 0 Å². The smallest absolute Gasteiger partial charge is 0.226 e. The quantitative estimate of drug-likeness (QED) is 0.723. The zero-order valence-electron chi connectivity index (χ0n) is 8.75.